The first kappa shape index (κ1) is 11.4. The molecule has 0 aromatic carbocycles. The van der Waals surface area contributed by atoms with Gasteiger partial charge < -0.3 is 5.32 Å². The maximum Gasteiger partial charge on any atom is 0.237 e. The molecule has 0 radical (unpaired) electrons. The molecule has 0 aliphatic carbocycles. The molecule has 0 rings (SSSR count). The molecule has 0 aromatic rings. The quantitative estimate of drug-likeness (QED) is 0.670. The standard InChI is InChI=1S/C9H20N2O/c1-7(11(5)6)8(12)10-9(2,3)4/h7H,1-6H3,(H,10,12)/t7-/m0/s1. The van der Waals surface area contributed by atoms with Gasteiger partial charge in [0.15, 0.2) is 0 Å². The van der Waals surface area contributed by atoms with Gasteiger partial charge in [-0.05, 0) is 41.8 Å². The zero-order valence-corrected chi connectivity index (χ0v) is 8.93. The van der Waals surface area contributed by atoms with Crippen molar-refractivity contribution in [1.29, 1.82) is 0 Å². The highest BCUT2D eigenvalue weighted by atomic mass is 16.2. The fourth-order valence-electron chi connectivity index (χ4n) is 0.709. The van der Waals surface area contributed by atoms with E-state index in [1.807, 2.05) is 46.7 Å². The Morgan fingerprint density at radius 3 is 2.00 bits per heavy atom. The summed E-state index contributed by atoms with van der Waals surface area (Å²) in [6.07, 6.45) is 0. The van der Waals surface area contributed by atoms with Crippen molar-refractivity contribution in [1.82, 2.24) is 10.2 Å². The van der Waals surface area contributed by atoms with Gasteiger partial charge in [0.1, 0.15) is 0 Å². The summed E-state index contributed by atoms with van der Waals surface area (Å²) in [6.45, 7) is 7.83. The monoisotopic (exact) mass is 172 g/mol. The zero-order valence-electron chi connectivity index (χ0n) is 8.93. The fourth-order valence-corrected chi connectivity index (χ4v) is 0.709. The van der Waals surface area contributed by atoms with E-state index in [0.29, 0.717) is 0 Å². The molecule has 0 aliphatic heterocycles. The van der Waals surface area contributed by atoms with Crippen LogP contribution >= 0.6 is 0 Å². The van der Waals surface area contributed by atoms with Gasteiger partial charge in [-0.3, -0.25) is 9.69 Å². The molecule has 0 fully saturated rings. The van der Waals surface area contributed by atoms with Crippen LogP contribution in [0.25, 0.3) is 0 Å². The number of nitrogens with one attached hydrogen (secondary N) is 1. The van der Waals surface area contributed by atoms with E-state index in [-0.39, 0.29) is 17.5 Å². The van der Waals surface area contributed by atoms with Crippen LogP contribution < -0.4 is 5.32 Å². The highest BCUT2D eigenvalue weighted by molar-refractivity contribution is 5.81. The first-order valence-electron chi connectivity index (χ1n) is 4.22. The summed E-state index contributed by atoms with van der Waals surface area (Å²) in [7, 11) is 3.79. The van der Waals surface area contributed by atoms with Gasteiger partial charge >= 0.3 is 0 Å². The third-order valence-corrected chi connectivity index (χ3v) is 1.65. The van der Waals surface area contributed by atoms with Crippen molar-refractivity contribution < 1.29 is 4.79 Å². The maximum atomic E-state index is 11.4. The summed E-state index contributed by atoms with van der Waals surface area (Å²) in [4.78, 5) is 13.3. The van der Waals surface area contributed by atoms with Crippen LogP contribution in [-0.2, 0) is 4.79 Å². The third kappa shape index (κ3) is 4.34. The minimum Gasteiger partial charge on any atom is -0.350 e. The molecule has 12 heavy (non-hydrogen) atoms. The van der Waals surface area contributed by atoms with Gasteiger partial charge in [-0.25, -0.2) is 0 Å². The van der Waals surface area contributed by atoms with Gasteiger partial charge in [0, 0.05) is 5.54 Å². The van der Waals surface area contributed by atoms with Crippen LogP contribution in [0.15, 0.2) is 0 Å². The summed E-state index contributed by atoms with van der Waals surface area (Å²) in [5.41, 5.74) is -0.138. The molecular formula is C9H20N2O. The number of hydrogen-bond donors (Lipinski definition) is 1. The van der Waals surface area contributed by atoms with Crippen LogP contribution in [0.3, 0.4) is 0 Å². The van der Waals surface area contributed by atoms with Crippen molar-refractivity contribution in [2.45, 2.75) is 39.3 Å². The molecule has 0 saturated heterocycles. The van der Waals surface area contributed by atoms with Crippen LogP contribution in [0.5, 0.6) is 0 Å². The van der Waals surface area contributed by atoms with Crippen molar-refractivity contribution in [2.75, 3.05) is 14.1 Å². The summed E-state index contributed by atoms with van der Waals surface area (Å²) in [6, 6.07) is -0.0655. The number of likely N-dealkylation sites (N-methyl/N-ethyl adjacent to an activating group) is 1. The Morgan fingerprint density at radius 1 is 1.33 bits per heavy atom. The van der Waals surface area contributed by atoms with Crippen molar-refractivity contribution in [3.8, 4) is 0 Å². The van der Waals surface area contributed by atoms with Crippen LogP contribution in [-0.4, -0.2) is 36.5 Å². The van der Waals surface area contributed by atoms with Crippen molar-refractivity contribution >= 4 is 5.91 Å². The van der Waals surface area contributed by atoms with Gasteiger partial charge in [0.05, 0.1) is 6.04 Å². The second kappa shape index (κ2) is 3.90. The maximum absolute atomic E-state index is 11.4. The molecule has 0 unspecified atom stereocenters. The highest BCUT2D eigenvalue weighted by Gasteiger charge is 2.19. The van der Waals surface area contributed by atoms with Crippen LogP contribution in [0.4, 0.5) is 0 Å². The summed E-state index contributed by atoms with van der Waals surface area (Å²) in [5, 5.41) is 2.92. The average Bonchev–Trinajstić information content (AvgIpc) is 1.82. The lowest BCUT2D eigenvalue weighted by atomic mass is 10.1. The van der Waals surface area contributed by atoms with Crippen LogP contribution in [0.2, 0.25) is 0 Å². The largest absolute Gasteiger partial charge is 0.350 e. The molecule has 1 N–H and O–H groups in total. The molecule has 72 valence electrons. The summed E-state index contributed by atoms with van der Waals surface area (Å²) >= 11 is 0. The van der Waals surface area contributed by atoms with Gasteiger partial charge in [-0.2, -0.15) is 0 Å². The van der Waals surface area contributed by atoms with E-state index in [1.165, 1.54) is 0 Å². The van der Waals surface area contributed by atoms with Gasteiger partial charge in [0.25, 0.3) is 0 Å². The molecule has 0 spiro atoms. The predicted molar refractivity (Wildman–Crippen MR) is 51.0 cm³/mol. The number of carbonyl (C=O) groups is 1. The minimum atomic E-state index is -0.138. The molecule has 0 saturated carbocycles. The van der Waals surface area contributed by atoms with Crippen LogP contribution in [0, 0.1) is 0 Å². The molecule has 0 aliphatic rings. The van der Waals surface area contributed by atoms with E-state index in [2.05, 4.69) is 5.32 Å². The summed E-state index contributed by atoms with van der Waals surface area (Å²) < 4.78 is 0. The minimum absolute atomic E-state index is 0.0655. The van der Waals surface area contributed by atoms with E-state index in [4.69, 9.17) is 0 Å². The normalized spacial score (nSPS) is 14.6. The zero-order chi connectivity index (χ0) is 9.94. The Bertz CT molecular complexity index is 158. The van der Waals surface area contributed by atoms with E-state index in [1.54, 1.807) is 0 Å². The Kier molecular flexibility index (Phi) is 3.71. The lowest BCUT2D eigenvalue weighted by molar-refractivity contribution is -0.126. The van der Waals surface area contributed by atoms with Crippen molar-refractivity contribution in [3.05, 3.63) is 0 Å². The Labute approximate surface area is 75.1 Å². The molecule has 1 atom stereocenters. The number of hydrogen-bond acceptors (Lipinski definition) is 2. The number of carbonyl (C=O) groups excluding carboxylic acids is 1. The van der Waals surface area contributed by atoms with Gasteiger partial charge in [-0.15, -0.1) is 0 Å². The molecule has 3 heteroatoms. The average molecular weight is 172 g/mol. The Morgan fingerprint density at radius 2 is 1.75 bits per heavy atom. The second-order valence-corrected chi connectivity index (χ2v) is 4.38. The highest BCUT2D eigenvalue weighted by Crippen LogP contribution is 2.01. The third-order valence-electron chi connectivity index (χ3n) is 1.65. The van der Waals surface area contributed by atoms with Crippen molar-refractivity contribution in [2.24, 2.45) is 0 Å². The first-order valence-corrected chi connectivity index (χ1v) is 4.22. The summed E-state index contributed by atoms with van der Waals surface area (Å²) in [5.74, 6) is 0.0764. The van der Waals surface area contributed by atoms with Crippen LogP contribution in [0.1, 0.15) is 27.7 Å². The topological polar surface area (TPSA) is 32.3 Å². The molecule has 3 nitrogen and oxygen atoms in total. The number of rotatable bonds is 2. The van der Waals surface area contributed by atoms with E-state index in [0.717, 1.165) is 0 Å². The Balaban J connectivity index is 4.05. The van der Waals surface area contributed by atoms with E-state index in [9.17, 15) is 4.79 Å². The molecule has 0 aromatic heterocycles. The van der Waals surface area contributed by atoms with Crippen molar-refractivity contribution in [3.63, 3.8) is 0 Å². The van der Waals surface area contributed by atoms with E-state index >= 15 is 0 Å². The Hall–Kier alpha value is -0.570. The fraction of sp³-hybridized carbons (Fsp3) is 0.889. The lowest BCUT2D eigenvalue weighted by Crippen LogP contribution is -2.49. The molecular weight excluding hydrogens is 152 g/mol. The lowest BCUT2D eigenvalue weighted by Gasteiger charge is -2.26. The molecule has 0 heterocycles. The van der Waals surface area contributed by atoms with E-state index < -0.39 is 0 Å². The first-order chi connectivity index (χ1) is 5.24. The second-order valence-electron chi connectivity index (χ2n) is 4.38. The molecule has 0 bridgehead atoms. The van der Waals surface area contributed by atoms with Gasteiger partial charge in [-0.1, -0.05) is 0 Å². The number of amides is 1. The molecule has 1 amide bonds. The predicted octanol–water partition coefficient (Wildman–Crippen LogP) is 0.851. The SMILES string of the molecule is C[C@@H](C(=O)NC(C)(C)C)N(C)C. The smallest absolute Gasteiger partial charge is 0.237 e. The number of nitrogens with zero attached hydrogens (tertiary/aromatic N) is 1. The van der Waals surface area contributed by atoms with Gasteiger partial charge in [0.2, 0.25) is 5.91 Å².